The molecule has 3 nitrogen and oxygen atoms in total. The van der Waals surface area contributed by atoms with E-state index in [9.17, 15) is 4.79 Å². The third-order valence-electron chi connectivity index (χ3n) is 3.95. The van der Waals surface area contributed by atoms with Crippen LogP contribution in [0.1, 0.15) is 34.6 Å². The van der Waals surface area contributed by atoms with E-state index in [2.05, 4.69) is 31.3 Å². The molecule has 0 saturated heterocycles. The minimum atomic E-state index is 0.129. The van der Waals surface area contributed by atoms with Gasteiger partial charge in [0.05, 0.1) is 4.88 Å². The number of amides is 1. The fourth-order valence-electron chi connectivity index (χ4n) is 2.76. The molecule has 4 heteroatoms. The molecule has 1 atom stereocenters. The second kappa shape index (κ2) is 6.00. The van der Waals surface area contributed by atoms with Gasteiger partial charge >= 0.3 is 0 Å². The van der Waals surface area contributed by atoms with Crippen LogP contribution in [0.2, 0.25) is 0 Å². The van der Waals surface area contributed by atoms with Crippen molar-refractivity contribution in [3.05, 3.63) is 51.7 Å². The lowest BCUT2D eigenvalue weighted by Gasteiger charge is -2.24. The molecular weight excluding hydrogens is 280 g/mol. The number of aryl methyl sites for hydroxylation is 1. The lowest BCUT2D eigenvalue weighted by atomic mass is 10.1. The summed E-state index contributed by atoms with van der Waals surface area (Å²) in [5, 5.41) is 5.48. The van der Waals surface area contributed by atoms with Crippen LogP contribution >= 0.6 is 11.3 Å². The van der Waals surface area contributed by atoms with E-state index in [4.69, 9.17) is 0 Å². The summed E-state index contributed by atoms with van der Waals surface area (Å²) >= 11 is 1.55. The van der Waals surface area contributed by atoms with Gasteiger partial charge in [0.2, 0.25) is 0 Å². The number of para-hydroxylation sites is 1. The highest BCUT2D eigenvalue weighted by atomic mass is 32.1. The molecule has 1 N–H and O–H groups in total. The molecule has 1 aliphatic heterocycles. The van der Waals surface area contributed by atoms with Crippen LogP contribution in [0, 0.1) is 0 Å². The number of nitrogens with zero attached hydrogens (tertiary/aromatic N) is 1. The fraction of sp³-hybridized carbons (Fsp3) is 0.353. The first-order valence-electron chi connectivity index (χ1n) is 7.40. The number of thiophene rings is 1. The molecule has 1 aliphatic rings. The van der Waals surface area contributed by atoms with Gasteiger partial charge in [-0.1, -0.05) is 25.1 Å². The first-order chi connectivity index (χ1) is 10.2. The number of hydrogen-bond donors (Lipinski definition) is 1. The number of carbonyl (C=O) groups excluding carboxylic acids is 1. The number of anilines is 1. The SMILES string of the molecule is CCc1ccsc1C(=O)N1CC(C)NCc2ccccc21. The van der Waals surface area contributed by atoms with Gasteiger partial charge in [-0.05, 0) is 42.0 Å². The largest absolute Gasteiger partial charge is 0.308 e. The van der Waals surface area contributed by atoms with Crippen LogP contribution in [0.25, 0.3) is 0 Å². The average Bonchev–Trinajstić information content (AvgIpc) is 2.92. The predicted molar refractivity (Wildman–Crippen MR) is 88.1 cm³/mol. The highest BCUT2D eigenvalue weighted by molar-refractivity contribution is 7.12. The van der Waals surface area contributed by atoms with Crippen LogP contribution in [-0.4, -0.2) is 18.5 Å². The first-order valence-corrected chi connectivity index (χ1v) is 8.28. The molecule has 0 radical (unpaired) electrons. The Kier molecular flexibility index (Phi) is 4.08. The summed E-state index contributed by atoms with van der Waals surface area (Å²) in [6.07, 6.45) is 0.897. The smallest absolute Gasteiger partial charge is 0.268 e. The number of benzene rings is 1. The number of hydrogen-bond acceptors (Lipinski definition) is 3. The zero-order chi connectivity index (χ0) is 14.8. The molecule has 0 aliphatic carbocycles. The average molecular weight is 300 g/mol. The normalized spacial score (nSPS) is 18.2. The van der Waals surface area contributed by atoms with E-state index in [-0.39, 0.29) is 11.9 Å². The van der Waals surface area contributed by atoms with Crippen molar-refractivity contribution in [2.24, 2.45) is 0 Å². The Morgan fingerprint density at radius 1 is 1.38 bits per heavy atom. The van der Waals surface area contributed by atoms with Crippen LogP contribution in [0.15, 0.2) is 35.7 Å². The minimum absolute atomic E-state index is 0.129. The second-order valence-corrected chi connectivity index (χ2v) is 6.37. The summed E-state index contributed by atoms with van der Waals surface area (Å²) < 4.78 is 0. The third kappa shape index (κ3) is 2.74. The van der Waals surface area contributed by atoms with Crippen molar-refractivity contribution in [1.29, 1.82) is 0 Å². The van der Waals surface area contributed by atoms with Gasteiger partial charge < -0.3 is 10.2 Å². The second-order valence-electron chi connectivity index (χ2n) is 5.45. The number of rotatable bonds is 2. The van der Waals surface area contributed by atoms with Gasteiger partial charge in [-0.3, -0.25) is 4.79 Å². The highest BCUT2D eigenvalue weighted by Crippen LogP contribution is 2.28. The van der Waals surface area contributed by atoms with Crippen molar-refractivity contribution >= 4 is 22.9 Å². The predicted octanol–water partition coefficient (Wildman–Crippen LogP) is 3.45. The summed E-state index contributed by atoms with van der Waals surface area (Å²) in [5.41, 5.74) is 3.37. The molecule has 21 heavy (non-hydrogen) atoms. The fourth-order valence-corrected chi connectivity index (χ4v) is 3.70. The van der Waals surface area contributed by atoms with Gasteiger partial charge in [0.25, 0.3) is 5.91 Å². The first kappa shape index (κ1) is 14.3. The Bertz CT molecular complexity index is 650. The molecule has 0 spiro atoms. The maximum absolute atomic E-state index is 13.0. The number of nitrogens with one attached hydrogen (secondary N) is 1. The van der Waals surface area contributed by atoms with Gasteiger partial charge in [0.15, 0.2) is 0 Å². The Labute approximate surface area is 129 Å². The van der Waals surface area contributed by atoms with E-state index in [0.717, 1.165) is 29.1 Å². The zero-order valence-electron chi connectivity index (χ0n) is 12.4. The van der Waals surface area contributed by atoms with Crippen molar-refractivity contribution in [2.45, 2.75) is 32.9 Å². The number of fused-ring (bicyclic) bond motifs is 1. The lowest BCUT2D eigenvalue weighted by Crippen LogP contribution is -2.39. The monoisotopic (exact) mass is 300 g/mol. The maximum Gasteiger partial charge on any atom is 0.268 e. The highest BCUT2D eigenvalue weighted by Gasteiger charge is 2.26. The minimum Gasteiger partial charge on any atom is -0.308 e. The van der Waals surface area contributed by atoms with Gasteiger partial charge in [0, 0.05) is 24.8 Å². The van der Waals surface area contributed by atoms with Crippen LogP contribution in [0.4, 0.5) is 5.69 Å². The number of carbonyl (C=O) groups is 1. The topological polar surface area (TPSA) is 32.3 Å². The van der Waals surface area contributed by atoms with Crippen LogP contribution in [0.3, 0.4) is 0 Å². The molecule has 2 aromatic rings. The summed E-state index contributed by atoms with van der Waals surface area (Å²) in [4.78, 5) is 15.8. The molecule has 0 saturated carbocycles. The van der Waals surface area contributed by atoms with E-state index in [1.165, 1.54) is 5.56 Å². The maximum atomic E-state index is 13.0. The summed E-state index contributed by atoms with van der Waals surface area (Å²) in [7, 11) is 0. The van der Waals surface area contributed by atoms with Gasteiger partial charge in [-0.2, -0.15) is 0 Å². The van der Waals surface area contributed by atoms with Crippen molar-refractivity contribution in [3.8, 4) is 0 Å². The van der Waals surface area contributed by atoms with Gasteiger partial charge in [0.1, 0.15) is 0 Å². The molecule has 1 aromatic carbocycles. The molecular formula is C17H20N2OS. The third-order valence-corrected chi connectivity index (χ3v) is 4.89. The van der Waals surface area contributed by atoms with E-state index < -0.39 is 0 Å². The lowest BCUT2D eigenvalue weighted by molar-refractivity contribution is 0.0988. The Hall–Kier alpha value is -1.65. The summed E-state index contributed by atoms with van der Waals surface area (Å²) in [6.45, 7) is 5.74. The summed E-state index contributed by atoms with van der Waals surface area (Å²) in [5.74, 6) is 0.129. The molecule has 2 heterocycles. The molecule has 110 valence electrons. The zero-order valence-corrected chi connectivity index (χ0v) is 13.2. The van der Waals surface area contributed by atoms with Crippen LogP contribution in [-0.2, 0) is 13.0 Å². The van der Waals surface area contributed by atoms with E-state index in [1.807, 2.05) is 28.5 Å². The molecule has 0 fully saturated rings. The van der Waals surface area contributed by atoms with Crippen molar-refractivity contribution < 1.29 is 4.79 Å². The molecule has 0 bridgehead atoms. The Morgan fingerprint density at radius 2 is 2.19 bits per heavy atom. The van der Waals surface area contributed by atoms with Crippen molar-refractivity contribution in [3.63, 3.8) is 0 Å². The van der Waals surface area contributed by atoms with Crippen LogP contribution < -0.4 is 10.2 Å². The van der Waals surface area contributed by atoms with Crippen molar-refractivity contribution in [2.75, 3.05) is 11.4 Å². The molecule has 1 aromatic heterocycles. The van der Waals surface area contributed by atoms with Gasteiger partial charge in [-0.15, -0.1) is 11.3 Å². The molecule has 1 amide bonds. The van der Waals surface area contributed by atoms with Crippen LogP contribution in [0.5, 0.6) is 0 Å². The van der Waals surface area contributed by atoms with E-state index >= 15 is 0 Å². The quantitative estimate of drug-likeness (QED) is 0.921. The van der Waals surface area contributed by atoms with Gasteiger partial charge in [-0.25, -0.2) is 0 Å². The van der Waals surface area contributed by atoms with E-state index in [1.54, 1.807) is 11.3 Å². The van der Waals surface area contributed by atoms with E-state index in [0.29, 0.717) is 6.54 Å². The van der Waals surface area contributed by atoms with Crippen molar-refractivity contribution in [1.82, 2.24) is 5.32 Å². The Balaban J connectivity index is 2.01. The standard InChI is InChI=1S/C17H20N2OS/c1-3-13-8-9-21-16(13)17(20)19-11-12(2)18-10-14-6-4-5-7-15(14)19/h4-9,12,18H,3,10-11H2,1-2H3. The molecule has 1 unspecified atom stereocenters. The summed E-state index contributed by atoms with van der Waals surface area (Å²) in [6, 6.07) is 10.5. The Morgan fingerprint density at radius 3 is 3.00 bits per heavy atom. The molecule has 3 rings (SSSR count).